The van der Waals surface area contributed by atoms with Crippen molar-refractivity contribution in [3.05, 3.63) is 77.5 Å². The summed E-state index contributed by atoms with van der Waals surface area (Å²) in [6.45, 7) is 0. The predicted octanol–water partition coefficient (Wildman–Crippen LogP) is 4.78. The van der Waals surface area contributed by atoms with Crippen molar-refractivity contribution in [3.63, 3.8) is 0 Å². The van der Waals surface area contributed by atoms with Gasteiger partial charge in [0, 0.05) is 5.38 Å². The van der Waals surface area contributed by atoms with Crippen LogP contribution in [-0.2, 0) is 11.2 Å². The first kappa shape index (κ1) is 12.3. The smallest absolute Gasteiger partial charge is 0.273 e. The molecule has 0 spiro atoms. The van der Waals surface area contributed by atoms with Crippen molar-refractivity contribution in [2.75, 3.05) is 0 Å². The standard InChI is InChI=1S/C16H13OS2/c1-3-7-15(8-4-1)19(16-9-5-2-6-10-16)17-14-11-12-18-13-14/h1-13H/q+1. The fourth-order valence-corrected chi connectivity index (χ4v) is 3.90. The van der Waals surface area contributed by atoms with Crippen LogP contribution in [0.1, 0.15) is 0 Å². The van der Waals surface area contributed by atoms with Gasteiger partial charge in [-0.25, -0.2) is 0 Å². The maximum Gasteiger partial charge on any atom is 0.273 e. The van der Waals surface area contributed by atoms with Crippen LogP contribution in [0.3, 0.4) is 0 Å². The van der Waals surface area contributed by atoms with Crippen LogP contribution in [0, 0.1) is 0 Å². The Bertz CT molecular complexity index is 566. The van der Waals surface area contributed by atoms with E-state index in [0.717, 1.165) is 5.75 Å². The lowest BCUT2D eigenvalue weighted by atomic mass is 10.4. The number of rotatable bonds is 4. The molecule has 0 atom stereocenters. The maximum absolute atomic E-state index is 6.16. The number of hydrogen-bond donors (Lipinski definition) is 0. The maximum atomic E-state index is 6.16. The van der Waals surface area contributed by atoms with E-state index in [2.05, 4.69) is 48.5 Å². The minimum atomic E-state index is -0.374. The van der Waals surface area contributed by atoms with E-state index in [4.69, 9.17) is 4.18 Å². The van der Waals surface area contributed by atoms with E-state index in [1.54, 1.807) is 11.3 Å². The second kappa shape index (κ2) is 5.95. The van der Waals surface area contributed by atoms with Crippen molar-refractivity contribution < 1.29 is 4.18 Å². The van der Waals surface area contributed by atoms with Crippen LogP contribution in [0.25, 0.3) is 0 Å². The first-order chi connectivity index (χ1) is 9.43. The van der Waals surface area contributed by atoms with Crippen LogP contribution in [0.4, 0.5) is 0 Å². The Balaban J connectivity index is 1.96. The lowest BCUT2D eigenvalue weighted by Gasteiger charge is -2.05. The highest BCUT2D eigenvalue weighted by atomic mass is 32.2. The summed E-state index contributed by atoms with van der Waals surface area (Å²) >= 11 is 1.28. The molecule has 2 aromatic carbocycles. The highest BCUT2D eigenvalue weighted by molar-refractivity contribution is 7.92. The Morgan fingerprint density at radius 3 is 1.79 bits per heavy atom. The minimum Gasteiger partial charge on any atom is -0.273 e. The Hall–Kier alpha value is -1.71. The molecule has 0 radical (unpaired) electrons. The van der Waals surface area contributed by atoms with Gasteiger partial charge in [0.1, 0.15) is 0 Å². The third-order valence-corrected chi connectivity index (χ3v) is 5.01. The monoisotopic (exact) mass is 285 g/mol. The zero-order chi connectivity index (χ0) is 12.9. The molecular weight excluding hydrogens is 272 g/mol. The molecule has 3 heteroatoms. The molecule has 1 aromatic heterocycles. The van der Waals surface area contributed by atoms with Crippen LogP contribution in [0.5, 0.6) is 5.75 Å². The lowest BCUT2D eigenvalue weighted by Crippen LogP contribution is -2.11. The summed E-state index contributed by atoms with van der Waals surface area (Å²) < 4.78 is 6.16. The van der Waals surface area contributed by atoms with Gasteiger partial charge in [0.05, 0.1) is 0 Å². The molecule has 3 rings (SSSR count). The van der Waals surface area contributed by atoms with Gasteiger partial charge in [0.15, 0.2) is 5.75 Å². The summed E-state index contributed by atoms with van der Waals surface area (Å²) in [6, 6.07) is 22.7. The van der Waals surface area contributed by atoms with Crippen molar-refractivity contribution in [2.24, 2.45) is 0 Å². The third kappa shape index (κ3) is 3.00. The van der Waals surface area contributed by atoms with Gasteiger partial charge in [-0.15, -0.1) is 11.3 Å². The van der Waals surface area contributed by atoms with E-state index in [1.807, 2.05) is 29.0 Å². The van der Waals surface area contributed by atoms with Gasteiger partial charge < -0.3 is 0 Å². The molecule has 0 bridgehead atoms. The molecule has 0 aliphatic rings. The van der Waals surface area contributed by atoms with Gasteiger partial charge in [0.2, 0.25) is 9.79 Å². The first-order valence-electron chi connectivity index (χ1n) is 5.98. The van der Waals surface area contributed by atoms with Gasteiger partial charge >= 0.3 is 0 Å². The summed E-state index contributed by atoms with van der Waals surface area (Å²) in [7, 11) is 0. The summed E-state index contributed by atoms with van der Waals surface area (Å²) in [5.74, 6) is 0.932. The Labute approximate surface area is 120 Å². The molecule has 1 heterocycles. The Morgan fingerprint density at radius 2 is 1.32 bits per heavy atom. The first-order valence-corrected chi connectivity index (χ1v) is 8.08. The molecule has 94 valence electrons. The van der Waals surface area contributed by atoms with E-state index < -0.39 is 0 Å². The van der Waals surface area contributed by atoms with Crippen LogP contribution < -0.4 is 4.18 Å². The highest BCUT2D eigenvalue weighted by Gasteiger charge is 2.29. The molecule has 0 saturated carbocycles. The Morgan fingerprint density at radius 1 is 0.737 bits per heavy atom. The third-order valence-electron chi connectivity index (χ3n) is 2.59. The predicted molar refractivity (Wildman–Crippen MR) is 81.7 cm³/mol. The van der Waals surface area contributed by atoms with E-state index in [-0.39, 0.29) is 11.2 Å². The van der Waals surface area contributed by atoms with Gasteiger partial charge in [-0.1, -0.05) is 36.4 Å². The summed E-state index contributed by atoms with van der Waals surface area (Å²) in [4.78, 5) is 2.39. The second-order valence-corrected chi connectivity index (χ2v) is 6.36. The molecule has 3 aromatic rings. The minimum absolute atomic E-state index is 0.374. The zero-order valence-corrected chi connectivity index (χ0v) is 11.9. The van der Waals surface area contributed by atoms with Crippen LogP contribution >= 0.6 is 11.3 Å². The summed E-state index contributed by atoms with van der Waals surface area (Å²) in [5, 5.41) is 4.07. The topological polar surface area (TPSA) is 9.23 Å². The average Bonchev–Trinajstić information content (AvgIpc) is 3.00. The van der Waals surface area contributed by atoms with Gasteiger partial charge in [-0.2, -0.15) is 0 Å². The second-order valence-electron chi connectivity index (χ2n) is 3.94. The molecule has 0 unspecified atom stereocenters. The van der Waals surface area contributed by atoms with Crippen molar-refractivity contribution >= 4 is 22.5 Å². The summed E-state index contributed by atoms with van der Waals surface area (Å²) in [5.41, 5.74) is 0. The van der Waals surface area contributed by atoms with Crippen molar-refractivity contribution in [3.8, 4) is 5.75 Å². The SMILES string of the molecule is c1ccc([S+](Oc2ccsc2)c2ccccc2)cc1. The fraction of sp³-hybridized carbons (Fsp3) is 0. The quantitative estimate of drug-likeness (QED) is 0.627. The largest absolute Gasteiger partial charge is 0.273 e. The number of hydrogen-bond acceptors (Lipinski definition) is 2. The van der Waals surface area contributed by atoms with Crippen molar-refractivity contribution in [1.29, 1.82) is 0 Å². The van der Waals surface area contributed by atoms with Gasteiger partial charge in [-0.3, -0.25) is 4.18 Å². The zero-order valence-electron chi connectivity index (χ0n) is 10.2. The van der Waals surface area contributed by atoms with Crippen molar-refractivity contribution in [1.82, 2.24) is 0 Å². The molecule has 19 heavy (non-hydrogen) atoms. The molecule has 0 amide bonds. The molecule has 0 aliphatic heterocycles. The fourth-order valence-electron chi connectivity index (χ4n) is 1.72. The van der Waals surface area contributed by atoms with Crippen LogP contribution in [0.15, 0.2) is 87.3 Å². The van der Waals surface area contributed by atoms with Gasteiger partial charge in [0.25, 0.3) is 11.2 Å². The highest BCUT2D eigenvalue weighted by Crippen LogP contribution is 2.28. The normalized spacial score (nSPS) is 10.6. The molecule has 0 fully saturated rings. The average molecular weight is 285 g/mol. The van der Waals surface area contributed by atoms with Crippen LogP contribution in [-0.4, -0.2) is 0 Å². The molecule has 1 nitrogen and oxygen atoms in total. The van der Waals surface area contributed by atoms with E-state index in [0.29, 0.717) is 0 Å². The molecule has 0 saturated heterocycles. The molecular formula is C16H13OS2+. The summed E-state index contributed by atoms with van der Waals surface area (Å²) in [6.07, 6.45) is 0. The molecule has 0 aliphatic carbocycles. The van der Waals surface area contributed by atoms with Gasteiger partial charge in [-0.05, 0) is 35.7 Å². The van der Waals surface area contributed by atoms with Crippen molar-refractivity contribution in [2.45, 2.75) is 9.79 Å². The van der Waals surface area contributed by atoms with Crippen LogP contribution in [0.2, 0.25) is 0 Å². The van der Waals surface area contributed by atoms with E-state index in [9.17, 15) is 0 Å². The number of thiophene rings is 1. The molecule has 0 N–H and O–H groups in total. The van der Waals surface area contributed by atoms with E-state index in [1.165, 1.54) is 9.79 Å². The lowest BCUT2D eigenvalue weighted by molar-refractivity contribution is 0.628. The van der Waals surface area contributed by atoms with E-state index >= 15 is 0 Å². The Kier molecular flexibility index (Phi) is 3.86. The number of benzene rings is 2.